The van der Waals surface area contributed by atoms with Gasteiger partial charge in [-0.1, -0.05) is 40.2 Å². The molecular weight excluding hydrogens is 404 g/mol. The fraction of sp³-hybridized carbons (Fsp3) is 0.286. The maximum Gasteiger partial charge on any atom is 0.198 e. The van der Waals surface area contributed by atoms with E-state index < -0.39 is 0 Å². The van der Waals surface area contributed by atoms with Crippen LogP contribution in [-0.4, -0.2) is 32.2 Å². The van der Waals surface area contributed by atoms with Crippen LogP contribution in [0.4, 0.5) is 0 Å². The molecule has 0 fully saturated rings. The third-order valence-corrected chi connectivity index (χ3v) is 4.87. The van der Waals surface area contributed by atoms with E-state index in [1.165, 1.54) is 0 Å². The zero-order chi connectivity index (χ0) is 18.8. The van der Waals surface area contributed by atoms with Gasteiger partial charge < -0.3 is 9.30 Å². The summed E-state index contributed by atoms with van der Waals surface area (Å²) in [5.41, 5.74) is 4.28. The number of benzene rings is 2. The molecular formula is C21H21BrN4O. The minimum atomic E-state index is 0.235. The topological polar surface area (TPSA) is 52.8 Å². The Morgan fingerprint density at radius 2 is 1.67 bits per heavy atom. The maximum absolute atomic E-state index is 5.71. The first-order chi connectivity index (χ1) is 13.1. The third-order valence-electron chi connectivity index (χ3n) is 4.34. The first-order valence-corrected chi connectivity index (χ1v) is 9.91. The van der Waals surface area contributed by atoms with Crippen LogP contribution in [0.15, 0.2) is 53.0 Å². The van der Waals surface area contributed by atoms with Gasteiger partial charge in [-0.15, -0.1) is 0 Å². The standard InChI is InChI=1S/C21H21BrN4O/c1-14(2)27-13-5-12-26-20(15-8-10-16(22)11-9-15)25-19-21(26)24-18-7-4-3-6-17(18)23-19/h3-4,6-11,14H,5,12-13H2,1-2H3. The summed E-state index contributed by atoms with van der Waals surface area (Å²) in [6.45, 7) is 5.59. The van der Waals surface area contributed by atoms with Gasteiger partial charge in [0.15, 0.2) is 11.3 Å². The van der Waals surface area contributed by atoms with E-state index in [2.05, 4.69) is 46.5 Å². The van der Waals surface area contributed by atoms with Crippen molar-refractivity contribution in [2.24, 2.45) is 0 Å². The average Bonchev–Trinajstić information content (AvgIpc) is 3.01. The molecule has 5 nitrogen and oxygen atoms in total. The van der Waals surface area contributed by atoms with Crippen LogP contribution in [-0.2, 0) is 11.3 Å². The van der Waals surface area contributed by atoms with E-state index in [1.54, 1.807) is 0 Å². The zero-order valence-corrected chi connectivity index (χ0v) is 17.0. The molecule has 0 bridgehead atoms. The summed E-state index contributed by atoms with van der Waals surface area (Å²) in [5, 5.41) is 0. The highest BCUT2D eigenvalue weighted by Gasteiger charge is 2.16. The highest BCUT2D eigenvalue weighted by molar-refractivity contribution is 9.10. The molecule has 0 unspecified atom stereocenters. The first kappa shape index (κ1) is 18.1. The van der Waals surface area contributed by atoms with Crippen LogP contribution in [0, 0.1) is 0 Å². The van der Waals surface area contributed by atoms with E-state index in [9.17, 15) is 0 Å². The van der Waals surface area contributed by atoms with Gasteiger partial charge in [-0.2, -0.15) is 0 Å². The lowest BCUT2D eigenvalue weighted by Crippen LogP contribution is -2.08. The molecule has 0 N–H and O–H groups in total. The van der Waals surface area contributed by atoms with Gasteiger partial charge in [-0.3, -0.25) is 0 Å². The Balaban J connectivity index is 1.80. The van der Waals surface area contributed by atoms with Crippen LogP contribution in [0.25, 0.3) is 33.7 Å². The van der Waals surface area contributed by atoms with E-state index in [0.29, 0.717) is 12.3 Å². The predicted molar refractivity (Wildman–Crippen MR) is 112 cm³/mol. The van der Waals surface area contributed by atoms with Crippen molar-refractivity contribution in [2.45, 2.75) is 32.9 Å². The minimum Gasteiger partial charge on any atom is -0.379 e. The van der Waals surface area contributed by atoms with Gasteiger partial charge in [-0.25, -0.2) is 15.0 Å². The quantitative estimate of drug-likeness (QED) is 0.398. The van der Waals surface area contributed by atoms with Gasteiger partial charge in [0.1, 0.15) is 5.82 Å². The summed E-state index contributed by atoms with van der Waals surface area (Å²) >= 11 is 3.50. The molecule has 6 heteroatoms. The summed E-state index contributed by atoms with van der Waals surface area (Å²) in [6, 6.07) is 16.1. The van der Waals surface area contributed by atoms with Gasteiger partial charge in [0.25, 0.3) is 0 Å². The van der Waals surface area contributed by atoms with Crippen molar-refractivity contribution in [3.8, 4) is 11.4 Å². The predicted octanol–water partition coefficient (Wildman–Crippen LogP) is 5.22. The van der Waals surface area contributed by atoms with Crippen molar-refractivity contribution in [3.63, 3.8) is 0 Å². The monoisotopic (exact) mass is 424 g/mol. The van der Waals surface area contributed by atoms with Gasteiger partial charge in [0.2, 0.25) is 0 Å². The van der Waals surface area contributed by atoms with E-state index >= 15 is 0 Å². The van der Waals surface area contributed by atoms with E-state index in [-0.39, 0.29) is 6.10 Å². The lowest BCUT2D eigenvalue weighted by molar-refractivity contribution is 0.0750. The van der Waals surface area contributed by atoms with Crippen LogP contribution < -0.4 is 0 Å². The number of aryl methyl sites for hydroxylation is 1. The number of hydrogen-bond acceptors (Lipinski definition) is 4. The Kier molecular flexibility index (Phi) is 5.18. The molecule has 4 rings (SSSR count). The van der Waals surface area contributed by atoms with Crippen LogP contribution in [0.3, 0.4) is 0 Å². The maximum atomic E-state index is 5.71. The van der Waals surface area contributed by atoms with Crippen LogP contribution in [0.5, 0.6) is 0 Å². The molecule has 0 amide bonds. The normalized spacial score (nSPS) is 11.7. The molecule has 0 aliphatic rings. The Morgan fingerprint density at radius 1 is 0.963 bits per heavy atom. The molecule has 27 heavy (non-hydrogen) atoms. The second kappa shape index (κ2) is 7.74. The van der Waals surface area contributed by atoms with E-state index in [4.69, 9.17) is 19.7 Å². The molecule has 0 atom stereocenters. The third kappa shape index (κ3) is 3.87. The Labute approximate surface area is 166 Å². The van der Waals surface area contributed by atoms with Gasteiger partial charge >= 0.3 is 0 Å². The molecule has 138 valence electrons. The summed E-state index contributed by atoms with van der Waals surface area (Å²) < 4.78 is 8.91. The van der Waals surface area contributed by atoms with Crippen molar-refractivity contribution >= 4 is 38.3 Å². The molecule has 0 saturated heterocycles. The number of rotatable bonds is 6. The number of imidazole rings is 1. The van der Waals surface area contributed by atoms with Crippen LogP contribution >= 0.6 is 15.9 Å². The Bertz CT molecular complexity index is 1070. The molecule has 0 radical (unpaired) electrons. The molecule has 0 spiro atoms. The molecule has 0 aliphatic carbocycles. The molecule has 2 heterocycles. The van der Waals surface area contributed by atoms with Crippen molar-refractivity contribution in [3.05, 3.63) is 53.0 Å². The fourth-order valence-electron chi connectivity index (χ4n) is 3.07. The summed E-state index contributed by atoms with van der Waals surface area (Å²) in [5.74, 6) is 0.886. The molecule has 2 aromatic heterocycles. The number of ether oxygens (including phenoxy) is 1. The van der Waals surface area contributed by atoms with Crippen molar-refractivity contribution in [2.75, 3.05) is 6.61 Å². The second-order valence-electron chi connectivity index (χ2n) is 6.73. The molecule has 0 aliphatic heterocycles. The summed E-state index contributed by atoms with van der Waals surface area (Å²) in [6.07, 6.45) is 1.13. The van der Waals surface area contributed by atoms with Crippen molar-refractivity contribution < 1.29 is 4.74 Å². The van der Waals surface area contributed by atoms with Gasteiger partial charge in [-0.05, 0) is 44.5 Å². The van der Waals surface area contributed by atoms with Gasteiger partial charge in [0.05, 0.1) is 17.1 Å². The number of halogens is 1. The number of hydrogen-bond donors (Lipinski definition) is 0. The lowest BCUT2D eigenvalue weighted by atomic mass is 10.2. The second-order valence-corrected chi connectivity index (χ2v) is 7.64. The fourth-order valence-corrected chi connectivity index (χ4v) is 3.34. The first-order valence-electron chi connectivity index (χ1n) is 9.12. The van der Waals surface area contributed by atoms with Crippen molar-refractivity contribution in [1.82, 2.24) is 19.5 Å². The lowest BCUT2D eigenvalue weighted by Gasteiger charge is -2.11. The SMILES string of the molecule is CC(C)OCCCn1c(-c2ccc(Br)cc2)nc2nc3ccccc3nc21. The highest BCUT2D eigenvalue weighted by atomic mass is 79.9. The number of aromatic nitrogens is 4. The number of para-hydroxylation sites is 2. The molecule has 0 saturated carbocycles. The number of nitrogens with zero attached hydrogens (tertiary/aromatic N) is 4. The minimum absolute atomic E-state index is 0.235. The Hall–Kier alpha value is -2.31. The number of fused-ring (bicyclic) bond motifs is 2. The summed E-state index contributed by atoms with van der Waals surface area (Å²) in [7, 11) is 0. The highest BCUT2D eigenvalue weighted by Crippen LogP contribution is 2.26. The average molecular weight is 425 g/mol. The Morgan fingerprint density at radius 3 is 2.37 bits per heavy atom. The molecule has 2 aromatic carbocycles. The smallest absolute Gasteiger partial charge is 0.198 e. The summed E-state index contributed by atoms with van der Waals surface area (Å²) in [4.78, 5) is 14.4. The largest absolute Gasteiger partial charge is 0.379 e. The molecule has 4 aromatic rings. The zero-order valence-electron chi connectivity index (χ0n) is 15.4. The van der Waals surface area contributed by atoms with Crippen LogP contribution in [0.2, 0.25) is 0 Å². The van der Waals surface area contributed by atoms with E-state index in [1.807, 2.05) is 36.4 Å². The van der Waals surface area contributed by atoms with Crippen molar-refractivity contribution in [1.29, 1.82) is 0 Å². The van der Waals surface area contributed by atoms with E-state index in [0.717, 1.165) is 45.5 Å². The van der Waals surface area contributed by atoms with Crippen LogP contribution in [0.1, 0.15) is 20.3 Å². The van der Waals surface area contributed by atoms with Gasteiger partial charge in [0, 0.05) is 23.2 Å².